The van der Waals surface area contributed by atoms with E-state index < -0.39 is 0 Å². The molecule has 0 bridgehead atoms. The molecular formula is C21H22N4O3. The number of amides is 2. The fourth-order valence-electron chi connectivity index (χ4n) is 3.32. The number of benzene rings is 1. The highest BCUT2D eigenvalue weighted by Crippen LogP contribution is 2.20. The van der Waals surface area contributed by atoms with Crippen LogP contribution in [0.4, 0.5) is 5.69 Å². The Kier molecular flexibility index (Phi) is 4.83. The topological polar surface area (TPSA) is 75.9 Å². The summed E-state index contributed by atoms with van der Waals surface area (Å²) in [7, 11) is 0. The first kappa shape index (κ1) is 18.2. The molecule has 0 spiro atoms. The highest BCUT2D eigenvalue weighted by Gasteiger charge is 2.26. The molecule has 3 aromatic rings. The molecule has 0 unspecified atom stereocenters. The molecule has 0 radical (unpaired) electrons. The monoisotopic (exact) mass is 378 g/mol. The van der Waals surface area contributed by atoms with Gasteiger partial charge < -0.3 is 15.0 Å². The van der Waals surface area contributed by atoms with Gasteiger partial charge in [0.2, 0.25) is 5.82 Å². The molecule has 1 aliphatic rings. The van der Waals surface area contributed by atoms with Gasteiger partial charge in [0.1, 0.15) is 0 Å². The third-order valence-corrected chi connectivity index (χ3v) is 4.89. The molecule has 1 aliphatic heterocycles. The lowest BCUT2D eigenvalue weighted by Gasteiger charge is -2.26. The zero-order valence-corrected chi connectivity index (χ0v) is 15.9. The van der Waals surface area contributed by atoms with E-state index in [4.69, 9.17) is 4.74 Å². The normalized spacial score (nSPS) is 14.3. The Labute approximate surface area is 162 Å². The van der Waals surface area contributed by atoms with Crippen molar-refractivity contribution in [3.63, 3.8) is 0 Å². The van der Waals surface area contributed by atoms with Crippen LogP contribution in [0, 0.1) is 13.8 Å². The van der Waals surface area contributed by atoms with Gasteiger partial charge in [-0.05, 0) is 43.2 Å². The number of aryl methyl sites for hydroxylation is 2. The quantitative estimate of drug-likeness (QED) is 0.760. The molecule has 0 aliphatic carbocycles. The van der Waals surface area contributed by atoms with Gasteiger partial charge in [0.15, 0.2) is 5.69 Å². The number of nitrogens with zero attached hydrogens (tertiary/aromatic N) is 3. The minimum absolute atomic E-state index is 0.183. The third kappa shape index (κ3) is 3.36. The van der Waals surface area contributed by atoms with Gasteiger partial charge in [-0.2, -0.15) is 0 Å². The van der Waals surface area contributed by atoms with Gasteiger partial charge in [-0.3, -0.25) is 14.0 Å². The number of nitrogens with one attached hydrogen (secondary N) is 1. The van der Waals surface area contributed by atoms with Crippen molar-refractivity contribution < 1.29 is 14.3 Å². The van der Waals surface area contributed by atoms with Gasteiger partial charge in [0.25, 0.3) is 11.8 Å². The van der Waals surface area contributed by atoms with Crippen LogP contribution >= 0.6 is 0 Å². The molecule has 1 fully saturated rings. The van der Waals surface area contributed by atoms with Crippen molar-refractivity contribution in [1.29, 1.82) is 0 Å². The van der Waals surface area contributed by atoms with E-state index in [1.54, 1.807) is 21.6 Å². The molecule has 2 aromatic heterocycles. The molecule has 1 saturated heterocycles. The lowest BCUT2D eigenvalue weighted by molar-refractivity contribution is 0.0300. The average molecular weight is 378 g/mol. The van der Waals surface area contributed by atoms with Crippen LogP contribution in [0.3, 0.4) is 0 Å². The summed E-state index contributed by atoms with van der Waals surface area (Å²) in [6, 6.07) is 11.3. The number of imidazole rings is 1. The van der Waals surface area contributed by atoms with Crippen molar-refractivity contribution in [2.75, 3.05) is 31.6 Å². The lowest BCUT2D eigenvalue weighted by Crippen LogP contribution is -2.40. The van der Waals surface area contributed by atoms with E-state index >= 15 is 0 Å². The third-order valence-electron chi connectivity index (χ3n) is 4.89. The molecular weight excluding hydrogens is 356 g/mol. The molecule has 0 saturated carbocycles. The zero-order valence-electron chi connectivity index (χ0n) is 15.9. The fourth-order valence-corrected chi connectivity index (χ4v) is 3.32. The van der Waals surface area contributed by atoms with Gasteiger partial charge in [-0.1, -0.05) is 18.2 Å². The largest absolute Gasteiger partial charge is 0.378 e. The first-order chi connectivity index (χ1) is 13.5. The maximum absolute atomic E-state index is 13.0. The van der Waals surface area contributed by atoms with E-state index in [9.17, 15) is 9.59 Å². The Bertz CT molecular complexity index is 1050. The van der Waals surface area contributed by atoms with Gasteiger partial charge in [0.05, 0.1) is 18.7 Å². The Balaban J connectivity index is 1.70. The van der Waals surface area contributed by atoms with Crippen LogP contribution in [0.5, 0.6) is 0 Å². The molecule has 28 heavy (non-hydrogen) atoms. The SMILES string of the molecule is Cc1ccc(C)c(NC(=O)c2nc(C(=O)N3CCOCC3)c3ccccn23)c1. The Morgan fingerprint density at radius 2 is 1.89 bits per heavy atom. The van der Waals surface area contributed by atoms with Crippen LogP contribution in [0.2, 0.25) is 0 Å². The number of rotatable bonds is 3. The van der Waals surface area contributed by atoms with Crippen LogP contribution in [-0.4, -0.2) is 52.4 Å². The van der Waals surface area contributed by atoms with Crippen molar-refractivity contribution in [3.05, 3.63) is 65.2 Å². The van der Waals surface area contributed by atoms with Gasteiger partial charge >= 0.3 is 0 Å². The number of carbonyl (C=O) groups is 2. The Morgan fingerprint density at radius 1 is 1.11 bits per heavy atom. The van der Waals surface area contributed by atoms with E-state index in [0.29, 0.717) is 31.8 Å². The summed E-state index contributed by atoms with van der Waals surface area (Å²) in [6.07, 6.45) is 1.75. The second-order valence-corrected chi connectivity index (χ2v) is 6.92. The molecule has 0 atom stereocenters. The van der Waals surface area contributed by atoms with Crippen molar-refractivity contribution in [2.24, 2.45) is 0 Å². The average Bonchev–Trinajstić information content (AvgIpc) is 3.11. The molecule has 7 heteroatoms. The molecule has 7 nitrogen and oxygen atoms in total. The summed E-state index contributed by atoms with van der Waals surface area (Å²) in [5.41, 5.74) is 3.65. The van der Waals surface area contributed by atoms with E-state index in [1.807, 2.05) is 44.2 Å². The smallest absolute Gasteiger partial charge is 0.292 e. The summed E-state index contributed by atoms with van der Waals surface area (Å²) in [4.78, 5) is 32.1. The van der Waals surface area contributed by atoms with Crippen LogP contribution in [-0.2, 0) is 4.74 Å². The number of aromatic nitrogens is 2. The maximum atomic E-state index is 13.0. The van der Waals surface area contributed by atoms with Crippen LogP contribution in [0.15, 0.2) is 42.6 Å². The number of hydrogen-bond donors (Lipinski definition) is 1. The Morgan fingerprint density at radius 3 is 2.68 bits per heavy atom. The van der Waals surface area contributed by atoms with E-state index in [2.05, 4.69) is 10.3 Å². The molecule has 144 valence electrons. The first-order valence-electron chi connectivity index (χ1n) is 9.27. The first-order valence-corrected chi connectivity index (χ1v) is 9.27. The van der Waals surface area contributed by atoms with Gasteiger partial charge in [-0.25, -0.2) is 4.98 Å². The molecule has 3 heterocycles. The summed E-state index contributed by atoms with van der Waals surface area (Å²) in [5.74, 6) is -0.346. The molecule has 4 rings (SSSR count). The number of fused-ring (bicyclic) bond motifs is 1. The van der Waals surface area contributed by atoms with Crippen molar-refractivity contribution in [1.82, 2.24) is 14.3 Å². The van der Waals surface area contributed by atoms with Gasteiger partial charge in [-0.15, -0.1) is 0 Å². The predicted molar refractivity (Wildman–Crippen MR) is 106 cm³/mol. The number of pyridine rings is 1. The second kappa shape index (κ2) is 7.44. The highest BCUT2D eigenvalue weighted by atomic mass is 16.5. The minimum atomic E-state index is -0.351. The number of hydrogen-bond acceptors (Lipinski definition) is 4. The van der Waals surface area contributed by atoms with Crippen molar-refractivity contribution in [2.45, 2.75) is 13.8 Å². The predicted octanol–water partition coefficient (Wildman–Crippen LogP) is 2.68. The second-order valence-electron chi connectivity index (χ2n) is 6.92. The number of morpholine rings is 1. The zero-order chi connectivity index (χ0) is 19.7. The van der Waals surface area contributed by atoms with E-state index in [1.165, 1.54) is 0 Å². The number of ether oxygens (including phenoxy) is 1. The van der Waals surface area contributed by atoms with Gasteiger partial charge in [0, 0.05) is 25.0 Å². The van der Waals surface area contributed by atoms with Crippen molar-refractivity contribution >= 4 is 23.0 Å². The summed E-state index contributed by atoms with van der Waals surface area (Å²) >= 11 is 0. The summed E-state index contributed by atoms with van der Waals surface area (Å²) in [6.45, 7) is 5.98. The van der Waals surface area contributed by atoms with Crippen molar-refractivity contribution in [3.8, 4) is 0 Å². The minimum Gasteiger partial charge on any atom is -0.378 e. The van der Waals surface area contributed by atoms with Crippen LogP contribution < -0.4 is 5.32 Å². The maximum Gasteiger partial charge on any atom is 0.292 e. The standard InChI is InChI=1S/C21H22N4O3/c1-14-6-7-15(2)16(13-14)22-20(26)19-23-18(17-5-3-4-8-25(17)19)21(27)24-9-11-28-12-10-24/h3-8,13H,9-12H2,1-2H3,(H,22,26). The summed E-state index contributed by atoms with van der Waals surface area (Å²) in [5, 5.41) is 2.92. The number of carbonyl (C=O) groups excluding carboxylic acids is 2. The molecule has 1 aromatic carbocycles. The highest BCUT2D eigenvalue weighted by molar-refractivity contribution is 6.06. The van der Waals surface area contributed by atoms with Crippen LogP contribution in [0.25, 0.3) is 5.52 Å². The van der Waals surface area contributed by atoms with E-state index in [0.717, 1.165) is 16.8 Å². The summed E-state index contributed by atoms with van der Waals surface area (Å²) < 4.78 is 6.98. The van der Waals surface area contributed by atoms with Crippen LogP contribution in [0.1, 0.15) is 32.2 Å². The molecule has 1 N–H and O–H groups in total. The Hall–Kier alpha value is -3.19. The van der Waals surface area contributed by atoms with E-state index in [-0.39, 0.29) is 23.3 Å². The number of anilines is 1. The molecule has 2 amide bonds. The fraction of sp³-hybridized carbons (Fsp3) is 0.286. The lowest BCUT2D eigenvalue weighted by atomic mass is 10.1.